The molecule has 0 fully saturated rings. The number of ether oxygens (including phenoxy) is 2. The van der Waals surface area contributed by atoms with Gasteiger partial charge in [0, 0.05) is 13.0 Å². The number of esters is 1. The molecule has 114 valence electrons. The number of hydrogen-bond acceptors (Lipinski definition) is 3. The summed E-state index contributed by atoms with van der Waals surface area (Å²) in [5, 5.41) is 0. The van der Waals surface area contributed by atoms with Gasteiger partial charge in [0.15, 0.2) is 0 Å². The largest absolute Gasteiger partial charge is 0.466 e. The fourth-order valence-corrected chi connectivity index (χ4v) is 1.90. The summed E-state index contributed by atoms with van der Waals surface area (Å²) < 4.78 is 10.7. The fraction of sp³-hybridized carbons (Fsp3) is 0.938. The van der Waals surface area contributed by atoms with Crippen LogP contribution in [0.15, 0.2) is 0 Å². The number of hydrogen-bond donors (Lipinski definition) is 0. The lowest BCUT2D eigenvalue weighted by Gasteiger charge is -2.22. The number of rotatable bonds is 9. The molecule has 0 bridgehead atoms. The summed E-state index contributed by atoms with van der Waals surface area (Å²) >= 11 is 0. The Morgan fingerprint density at radius 3 is 2.21 bits per heavy atom. The first-order valence-electron chi connectivity index (χ1n) is 7.54. The molecular formula is C16H32O3. The number of carbonyl (C=O) groups excluding carboxylic acids is 1. The first-order valence-corrected chi connectivity index (χ1v) is 7.54. The number of carbonyl (C=O) groups is 1. The van der Waals surface area contributed by atoms with E-state index in [-0.39, 0.29) is 11.6 Å². The van der Waals surface area contributed by atoms with E-state index in [9.17, 15) is 4.79 Å². The van der Waals surface area contributed by atoms with Crippen molar-refractivity contribution >= 4 is 5.97 Å². The molecule has 19 heavy (non-hydrogen) atoms. The van der Waals surface area contributed by atoms with Gasteiger partial charge < -0.3 is 9.47 Å². The topological polar surface area (TPSA) is 35.5 Å². The standard InChI is InChI=1S/C16H32O3/c1-7-18-15(17)11-13(2)9-8-10-14(3)12-19-16(4,5)6/h13-14H,7-12H2,1-6H3/t13-,14-/m1/s1. The van der Waals surface area contributed by atoms with Crippen LogP contribution in [0.4, 0.5) is 0 Å². The molecule has 0 rings (SSSR count). The average molecular weight is 272 g/mol. The van der Waals surface area contributed by atoms with E-state index in [0.29, 0.717) is 24.9 Å². The van der Waals surface area contributed by atoms with E-state index in [4.69, 9.17) is 9.47 Å². The maximum atomic E-state index is 11.3. The zero-order valence-corrected chi connectivity index (χ0v) is 13.6. The van der Waals surface area contributed by atoms with Crippen molar-refractivity contribution in [1.29, 1.82) is 0 Å². The molecule has 0 heterocycles. The molecule has 0 N–H and O–H groups in total. The Morgan fingerprint density at radius 1 is 1.11 bits per heavy atom. The van der Waals surface area contributed by atoms with Crippen molar-refractivity contribution in [2.24, 2.45) is 11.8 Å². The lowest BCUT2D eigenvalue weighted by atomic mass is 9.97. The van der Waals surface area contributed by atoms with E-state index in [1.54, 1.807) is 0 Å². The molecule has 0 aliphatic carbocycles. The molecule has 2 atom stereocenters. The molecule has 0 aliphatic rings. The van der Waals surface area contributed by atoms with Gasteiger partial charge in [0.25, 0.3) is 0 Å². The Kier molecular flexibility index (Phi) is 9.07. The Balaban J connectivity index is 3.64. The van der Waals surface area contributed by atoms with Crippen LogP contribution < -0.4 is 0 Å². The van der Waals surface area contributed by atoms with Gasteiger partial charge >= 0.3 is 5.97 Å². The fourth-order valence-electron chi connectivity index (χ4n) is 1.90. The van der Waals surface area contributed by atoms with Crippen molar-refractivity contribution < 1.29 is 14.3 Å². The van der Waals surface area contributed by atoms with Gasteiger partial charge in [-0.15, -0.1) is 0 Å². The van der Waals surface area contributed by atoms with Crippen molar-refractivity contribution in [2.75, 3.05) is 13.2 Å². The first kappa shape index (κ1) is 18.4. The highest BCUT2D eigenvalue weighted by Crippen LogP contribution is 2.18. The van der Waals surface area contributed by atoms with E-state index in [2.05, 4.69) is 34.6 Å². The van der Waals surface area contributed by atoms with Crippen LogP contribution in [0.1, 0.15) is 67.2 Å². The Labute approximate surface area is 119 Å². The van der Waals surface area contributed by atoms with E-state index >= 15 is 0 Å². The van der Waals surface area contributed by atoms with Gasteiger partial charge in [-0.2, -0.15) is 0 Å². The molecule has 0 saturated heterocycles. The SMILES string of the molecule is CCOC(=O)C[C@H](C)CCC[C@@H](C)COC(C)(C)C. The maximum Gasteiger partial charge on any atom is 0.306 e. The third-order valence-corrected chi connectivity index (χ3v) is 3.02. The van der Waals surface area contributed by atoms with Crippen molar-refractivity contribution in [3.05, 3.63) is 0 Å². The van der Waals surface area contributed by atoms with Crippen molar-refractivity contribution in [3.63, 3.8) is 0 Å². The molecule has 0 radical (unpaired) electrons. The molecule has 3 nitrogen and oxygen atoms in total. The Hall–Kier alpha value is -0.570. The summed E-state index contributed by atoms with van der Waals surface area (Å²) in [5.41, 5.74) is -0.0501. The molecule has 0 amide bonds. The molecule has 0 aliphatic heterocycles. The minimum Gasteiger partial charge on any atom is -0.466 e. The van der Waals surface area contributed by atoms with Gasteiger partial charge in [-0.3, -0.25) is 4.79 Å². The second kappa shape index (κ2) is 9.35. The van der Waals surface area contributed by atoms with Crippen LogP contribution in [-0.4, -0.2) is 24.8 Å². The molecule has 0 unspecified atom stereocenters. The smallest absolute Gasteiger partial charge is 0.306 e. The van der Waals surface area contributed by atoms with Crippen molar-refractivity contribution in [1.82, 2.24) is 0 Å². The van der Waals surface area contributed by atoms with Gasteiger partial charge in [-0.25, -0.2) is 0 Å². The van der Waals surface area contributed by atoms with Crippen LogP contribution in [0, 0.1) is 11.8 Å². The van der Waals surface area contributed by atoms with E-state index in [1.165, 1.54) is 0 Å². The lowest BCUT2D eigenvalue weighted by Crippen LogP contribution is -2.22. The first-order chi connectivity index (χ1) is 8.74. The van der Waals surface area contributed by atoms with Gasteiger partial charge in [0.05, 0.1) is 12.2 Å². The van der Waals surface area contributed by atoms with Gasteiger partial charge in [0.2, 0.25) is 0 Å². The quantitative estimate of drug-likeness (QED) is 0.590. The minimum atomic E-state index is -0.0703. The summed E-state index contributed by atoms with van der Waals surface area (Å²) in [5.74, 6) is 0.919. The zero-order chi connectivity index (χ0) is 14.9. The highest BCUT2D eigenvalue weighted by molar-refractivity contribution is 5.69. The summed E-state index contributed by atoms with van der Waals surface area (Å²) in [4.78, 5) is 11.3. The van der Waals surface area contributed by atoms with E-state index in [0.717, 1.165) is 25.9 Å². The van der Waals surface area contributed by atoms with Crippen LogP contribution in [-0.2, 0) is 14.3 Å². The van der Waals surface area contributed by atoms with Gasteiger partial charge in [-0.1, -0.05) is 26.7 Å². The summed E-state index contributed by atoms with van der Waals surface area (Å²) in [6, 6.07) is 0. The molecule has 3 heteroatoms. The Morgan fingerprint density at radius 2 is 1.68 bits per heavy atom. The third-order valence-electron chi connectivity index (χ3n) is 3.02. The highest BCUT2D eigenvalue weighted by atomic mass is 16.5. The molecule has 0 aromatic rings. The van der Waals surface area contributed by atoms with Crippen molar-refractivity contribution in [2.45, 2.75) is 72.8 Å². The minimum absolute atomic E-state index is 0.0501. The van der Waals surface area contributed by atoms with Crippen LogP contribution in [0.25, 0.3) is 0 Å². The highest BCUT2D eigenvalue weighted by Gasteiger charge is 2.14. The zero-order valence-electron chi connectivity index (χ0n) is 13.6. The van der Waals surface area contributed by atoms with Crippen molar-refractivity contribution in [3.8, 4) is 0 Å². The second-order valence-corrected chi connectivity index (χ2v) is 6.57. The predicted molar refractivity (Wildman–Crippen MR) is 79.1 cm³/mol. The molecule has 0 spiro atoms. The molecule has 0 aromatic heterocycles. The molecular weight excluding hydrogens is 240 g/mol. The van der Waals surface area contributed by atoms with Crippen LogP contribution in [0.2, 0.25) is 0 Å². The summed E-state index contributed by atoms with van der Waals surface area (Å²) in [7, 11) is 0. The average Bonchev–Trinajstić information content (AvgIpc) is 2.25. The van der Waals surface area contributed by atoms with E-state index < -0.39 is 0 Å². The second-order valence-electron chi connectivity index (χ2n) is 6.57. The van der Waals surface area contributed by atoms with Gasteiger partial charge in [-0.05, 0) is 46.0 Å². The van der Waals surface area contributed by atoms with E-state index in [1.807, 2.05) is 6.92 Å². The normalized spacial score (nSPS) is 15.1. The predicted octanol–water partition coefficient (Wildman–Crippen LogP) is 4.20. The van der Waals surface area contributed by atoms with Gasteiger partial charge in [0.1, 0.15) is 0 Å². The van der Waals surface area contributed by atoms with Crippen LogP contribution >= 0.6 is 0 Å². The van der Waals surface area contributed by atoms with Crippen LogP contribution in [0.3, 0.4) is 0 Å². The molecule has 0 saturated carbocycles. The third kappa shape index (κ3) is 12.2. The Bertz CT molecular complexity index is 243. The summed E-state index contributed by atoms with van der Waals surface area (Å²) in [6.45, 7) is 13.7. The van der Waals surface area contributed by atoms with Crippen LogP contribution in [0.5, 0.6) is 0 Å². The maximum absolute atomic E-state index is 11.3. The molecule has 0 aromatic carbocycles. The summed E-state index contributed by atoms with van der Waals surface area (Å²) in [6.07, 6.45) is 3.93. The lowest BCUT2D eigenvalue weighted by molar-refractivity contribution is -0.144. The monoisotopic (exact) mass is 272 g/mol.